The predicted octanol–water partition coefficient (Wildman–Crippen LogP) is 3.18. The predicted molar refractivity (Wildman–Crippen MR) is 99.7 cm³/mol. The van der Waals surface area contributed by atoms with E-state index in [-0.39, 0.29) is 23.9 Å². The lowest BCUT2D eigenvalue weighted by Crippen LogP contribution is -2.43. The first kappa shape index (κ1) is 20.4. The highest BCUT2D eigenvalue weighted by Gasteiger charge is 2.30. The van der Waals surface area contributed by atoms with Crippen LogP contribution in [-0.2, 0) is 9.59 Å². The number of nitrogens with zero attached hydrogens (tertiary/aromatic N) is 2. The fourth-order valence-corrected chi connectivity index (χ4v) is 4.00. The number of Topliss-reactive ketones (excluding diaryl/α,β-unsaturated/α-hetero) is 1. The highest BCUT2D eigenvalue weighted by molar-refractivity contribution is 5.98. The molecule has 2 aliphatic heterocycles. The van der Waals surface area contributed by atoms with Crippen LogP contribution >= 0.6 is 0 Å². The van der Waals surface area contributed by atoms with E-state index >= 15 is 0 Å². The van der Waals surface area contributed by atoms with Crippen LogP contribution in [0.4, 0.5) is 8.78 Å². The minimum atomic E-state index is -0.735. The third-order valence-electron chi connectivity index (χ3n) is 5.58. The van der Waals surface area contributed by atoms with Gasteiger partial charge in [0.2, 0.25) is 11.8 Å². The molecule has 0 bridgehead atoms. The zero-order valence-corrected chi connectivity index (χ0v) is 16.0. The summed E-state index contributed by atoms with van der Waals surface area (Å²) >= 11 is 0. The van der Waals surface area contributed by atoms with Gasteiger partial charge >= 0.3 is 0 Å². The summed E-state index contributed by atoms with van der Waals surface area (Å²) in [6.07, 6.45) is 4.65. The summed E-state index contributed by atoms with van der Waals surface area (Å²) < 4.78 is 27.3. The van der Waals surface area contributed by atoms with Crippen molar-refractivity contribution in [2.75, 3.05) is 26.2 Å². The lowest BCUT2D eigenvalue weighted by atomic mass is 9.89. The number of hydrogen-bond donors (Lipinski definition) is 0. The van der Waals surface area contributed by atoms with Crippen LogP contribution in [0.3, 0.4) is 0 Å². The highest BCUT2D eigenvalue weighted by Crippen LogP contribution is 2.23. The molecule has 5 nitrogen and oxygen atoms in total. The standard InChI is InChI=1S/C21H26F2N2O3/c22-16-8-9-18(23)17(13-16)21(28)15-5-3-12-25(14-15)20(27)7-4-11-24-10-2-1-6-19(24)26/h8-9,13,15H,1-7,10-12,14H2/t15-/m1/s1. The van der Waals surface area contributed by atoms with E-state index < -0.39 is 23.3 Å². The minimum absolute atomic E-state index is 0.0540. The normalized spacial score (nSPS) is 20.4. The van der Waals surface area contributed by atoms with Crippen molar-refractivity contribution in [2.45, 2.75) is 44.9 Å². The zero-order chi connectivity index (χ0) is 20.1. The number of carbonyl (C=O) groups is 3. The number of carbonyl (C=O) groups excluding carboxylic acids is 3. The van der Waals surface area contributed by atoms with Crippen molar-refractivity contribution in [3.8, 4) is 0 Å². The highest BCUT2D eigenvalue weighted by atomic mass is 19.1. The second-order valence-corrected chi connectivity index (χ2v) is 7.61. The number of hydrogen-bond acceptors (Lipinski definition) is 3. The van der Waals surface area contributed by atoms with Crippen molar-refractivity contribution in [1.82, 2.24) is 9.80 Å². The van der Waals surface area contributed by atoms with Crippen LogP contribution in [0.2, 0.25) is 0 Å². The van der Waals surface area contributed by atoms with Crippen molar-refractivity contribution in [1.29, 1.82) is 0 Å². The molecule has 0 aromatic heterocycles. The Morgan fingerprint density at radius 1 is 1.11 bits per heavy atom. The Morgan fingerprint density at radius 3 is 2.71 bits per heavy atom. The van der Waals surface area contributed by atoms with Gasteiger partial charge in [0.05, 0.1) is 5.56 Å². The Morgan fingerprint density at radius 2 is 1.93 bits per heavy atom. The number of likely N-dealkylation sites (tertiary alicyclic amines) is 2. The Kier molecular flexibility index (Phi) is 6.75. The van der Waals surface area contributed by atoms with Crippen LogP contribution in [0.1, 0.15) is 55.3 Å². The molecule has 3 rings (SSSR count). The molecule has 0 unspecified atom stereocenters. The second-order valence-electron chi connectivity index (χ2n) is 7.61. The molecular weight excluding hydrogens is 366 g/mol. The van der Waals surface area contributed by atoms with E-state index in [1.807, 2.05) is 4.90 Å². The van der Waals surface area contributed by atoms with Crippen molar-refractivity contribution >= 4 is 17.6 Å². The van der Waals surface area contributed by atoms with E-state index in [1.165, 1.54) is 0 Å². The topological polar surface area (TPSA) is 57.7 Å². The smallest absolute Gasteiger partial charge is 0.222 e. The molecule has 2 fully saturated rings. The second kappa shape index (κ2) is 9.26. The maximum atomic E-state index is 13.9. The van der Waals surface area contributed by atoms with E-state index in [9.17, 15) is 23.2 Å². The summed E-state index contributed by atoms with van der Waals surface area (Å²) in [4.78, 5) is 40.4. The number of ketones is 1. The Hall–Kier alpha value is -2.31. The summed E-state index contributed by atoms with van der Waals surface area (Å²) in [7, 11) is 0. The van der Waals surface area contributed by atoms with Gasteiger partial charge in [0, 0.05) is 44.9 Å². The summed E-state index contributed by atoms with van der Waals surface area (Å²) in [6, 6.07) is 2.86. The van der Waals surface area contributed by atoms with Crippen molar-refractivity contribution in [3.63, 3.8) is 0 Å². The van der Waals surface area contributed by atoms with Crippen LogP contribution in [-0.4, -0.2) is 53.6 Å². The van der Waals surface area contributed by atoms with Crippen molar-refractivity contribution in [2.24, 2.45) is 5.92 Å². The largest absolute Gasteiger partial charge is 0.343 e. The first-order valence-corrected chi connectivity index (χ1v) is 10.0. The van der Waals surface area contributed by atoms with Gasteiger partial charge in [-0.1, -0.05) is 0 Å². The quantitative estimate of drug-likeness (QED) is 0.699. The van der Waals surface area contributed by atoms with Gasteiger partial charge in [-0.3, -0.25) is 14.4 Å². The molecule has 2 amide bonds. The maximum absolute atomic E-state index is 13.9. The first-order valence-electron chi connectivity index (χ1n) is 10.0. The Labute approximate surface area is 163 Å². The SMILES string of the molecule is O=C(c1cc(F)ccc1F)[C@@H]1CCCN(C(=O)CCCN2CCCCC2=O)C1. The van der Waals surface area contributed by atoms with Gasteiger partial charge < -0.3 is 9.80 Å². The van der Waals surface area contributed by atoms with Crippen LogP contribution in [0, 0.1) is 17.6 Å². The molecule has 0 N–H and O–H groups in total. The number of benzene rings is 1. The van der Waals surface area contributed by atoms with E-state index in [4.69, 9.17) is 0 Å². The molecule has 2 heterocycles. The summed E-state index contributed by atoms with van der Waals surface area (Å²) in [5, 5.41) is 0. The number of amides is 2. The first-order chi connectivity index (χ1) is 13.5. The van der Waals surface area contributed by atoms with Gasteiger partial charge in [-0.25, -0.2) is 8.78 Å². The summed E-state index contributed by atoms with van der Waals surface area (Å²) in [5.74, 6) is -2.26. The third kappa shape index (κ3) is 4.94. The van der Waals surface area contributed by atoms with Crippen molar-refractivity contribution in [3.05, 3.63) is 35.4 Å². The lowest BCUT2D eigenvalue weighted by molar-refractivity contribution is -0.135. The third-order valence-corrected chi connectivity index (χ3v) is 5.58. The molecule has 2 saturated heterocycles. The maximum Gasteiger partial charge on any atom is 0.222 e. The lowest BCUT2D eigenvalue weighted by Gasteiger charge is -2.32. The monoisotopic (exact) mass is 392 g/mol. The van der Waals surface area contributed by atoms with Gasteiger partial charge in [-0.15, -0.1) is 0 Å². The fraction of sp³-hybridized carbons (Fsp3) is 0.571. The van der Waals surface area contributed by atoms with Crippen LogP contribution in [0.5, 0.6) is 0 Å². The molecule has 0 spiro atoms. The van der Waals surface area contributed by atoms with Gasteiger partial charge in [-0.2, -0.15) is 0 Å². The van der Waals surface area contributed by atoms with E-state index in [1.54, 1.807) is 4.90 Å². The zero-order valence-electron chi connectivity index (χ0n) is 16.0. The molecule has 0 aliphatic carbocycles. The molecule has 1 aromatic rings. The van der Waals surface area contributed by atoms with Gasteiger partial charge in [0.1, 0.15) is 11.6 Å². The number of piperidine rings is 2. The van der Waals surface area contributed by atoms with Crippen LogP contribution in [0.15, 0.2) is 18.2 Å². The Bertz CT molecular complexity index is 753. The summed E-state index contributed by atoms with van der Waals surface area (Å²) in [6.45, 7) is 2.13. The van der Waals surface area contributed by atoms with Crippen LogP contribution in [0.25, 0.3) is 0 Å². The van der Waals surface area contributed by atoms with Gasteiger partial charge in [0.25, 0.3) is 0 Å². The summed E-state index contributed by atoms with van der Waals surface area (Å²) in [5.41, 5.74) is -0.247. The van der Waals surface area contributed by atoms with E-state index in [2.05, 4.69) is 0 Å². The number of halogens is 2. The van der Waals surface area contributed by atoms with E-state index in [0.29, 0.717) is 45.2 Å². The molecule has 152 valence electrons. The minimum Gasteiger partial charge on any atom is -0.343 e. The van der Waals surface area contributed by atoms with Crippen LogP contribution < -0.4 is 0 Å². The average molecular weight is 392 g/mol. The van der Waals surface area contributed by atoms with Gasteiger partial charge in [-0.05, 0) is 50.3 Å². The number of rotatable bonds is 6. The molecule has 28 heavy (non-hydrogen) atoms. The van der Waals surface area contributed by atoms with Crippen molar-refractivity contribution < 1.29 is 23.2 Å². The molecule has 0 radical (unpaired) electrons. The molecular formula is C21H26F2N2O3. The molecule has 1 aromatic carbocycles. The van der Waals surface area contributed by atoms with Gasteiger partial charge in [0.15, 0.2) is 5.78 Å². The molecule has 7 heteroatoms. The molecule has 1 atom stereocenters. The molecule has 0 saturated carbocycles. The average Bonchev–Trinajstić information content (AvgIpc) is 2.70. The molecule has 2 aliphatic rings. The van der Waals surface area contributed by atoms with E-state index in [0.717, 1.165) is 37.6 Å². The Balaban J connectivity index is 1.52. The fourth-order valence-electron chi connectivity index (χ4n) is 4.00.